The number of hydrogen-bond donors (Lipinski definition) is 1. The molecule has 0 fully saturated rings. The molecule has 14 aromatic carbocycles. The number of aromatic amines is 1. The van der Waals surface area contributed by atoms with Crippen molar-refractivity contribution in [2.75, 3.05) is 0 Å². The number of benzene rings is 14. The number of fused-ring (bicyclic) bond motifs is 14. The summed E-state index contributed by atoms with van der Waals surface area (Å²) in [7, 11) is 0. The Kier molecular flexibility index (Phi) is 16.1. The molecule has 0 bridgehead atoms. The minimum atomic E-state index is 0. The fourth-order valence-electron chi connectivity index (χ4n) is 13.3. The molecule has 2 aliphatic heterocycles. The van der Waals surface area contributed by atoms with Gasteiger partial charge in [-0.25, -0.2) is 0 Å². The van der Waals surface area contributed by atoms with Crippen molar-refractivity contribution < 1.29 is 9.47 Å². The average Bonchev–Trinajstić information content (AvgIpc) is 1.58. The second-order valence-corrected chi connectivity index (χ2v) is 24.2. The second kappa shape index (κ2) is 25.9. The van der Waals surface area contributed by atoms with E-state index in [4.69, 9.17) is 9.47 Å². The maximum absolute atomic E-state index is 6.67. The minimum Gasteiger partial charge on any atom is -0.456 e. The first-order valence-corrected chi connectivity index (χ1v) is 32.2. The van der Waals surface area contributed by atoms with Crippen LogP contribution in [0, 0.1) is 7.43 Å². The van der Waals surface area contributed by atoms with Crippen LogP contribution >= 0.6 is 15.9 Å². The first-order valence-electron chi connectivity index (χ1n) is 31.4. The number of rotatable bonds is 7. The number of para-hydroxylation sites is 6. The standard InChI is InChI=1S/C44H29NO.C26H17NO.C18H13Br.CH3/c1-4-15-30(16-5-1)33-27-34(31-17-6-2-7-18-31)29-35(28-33)45-43-36(32-19-8-3-9-20-32)23-14-24-39(43)42-37-21-10-12-25-40(37)46-41-26-13-11-22-38(41)44(42)45;1-2-9-17(10-3-1)18-13-8-14-21-24-19-11-4-6-15-22(19)28-23-16-7-5-12-20(23)26(24)27-25(18)21;19-18-12-16(14-7-3-1-4-8-14)11-17(13-18)15-9-5-2-6-10-15;/h1-29H;1-16,27H;1-13H;1H3/q;;;-1. The maximum Gasteiger partial charge on any atom is 0.136 e. The fraction of sp³-hybridized carbons (Fsp3) is 0. The predicted octanol–water partition coefficient (Wildman–Crippen LogP) is 25.6. The Labute approximate surface area is 557 Å². The van der Waals surface area contributed by atoms with Crippen LogP contribution in [0.2, 0.25) is 0 Å². The summed E-state index contributed by atoms with van der Waals surface area (Å²) in [5.74, 6) is 3.48. The van der Waals surface area contributed by atoms with Gasteiger partial charge < -0.3 is 26.5 Å². The van der Waals surface area contributed by atoms with Crippen molar-refractivity contribution in [2.24, 2.45) is 0 Å². The quantitative estimate of drug-likeness (QED) is 0.162. The molecule has 2 aromatic heterocycles. The summed E-state index contributed by atoms with van der Waals surface area (Å²) in [6.07, 6.45) is 0. The Morgan fingerprint density at radius 2 is 0.606 bits per heavy atom. The second-order valence-electron chi connectivity index (χ2n) is 23.2. The third-order valence-corrected chi connectivity index (χ3v) is 18.0. The Balaban J connectivity index is 0.000000129. The summed E-state index contributed by atoms with van der Waals surface area (Å²) in [5.41, 5.74) is 26.8. The fourth-order valence-corrected chi connectivity index (χ4v) is 13.8. The number of halogens is 1. The topological polar surface area (TPSA) is 39.2 Å². The SMILES string of the molecule is Brc1cc(-c2ccccc2)cc(-c2ccccc2)c1.[CH3-].c1ccc(-c2cc(-c3ccccc3)cc(-n3c4c(c5cccc(-c6ccccc6)c53)-c3ccccc3Oc3ccccc3-4)c2)cc1.c1ccc(-c2cccc3c4c([nH]c23)-c2ccccc2Oc2ccccc2-4)cc1. The highest BCUT2D eigenvalue weighted by Gasteiger charge is 2.31. The molecule has 0 unspecified atom stereocenters. The molecule has 94 heavy (non-hydrogen) atoms. The van der Waals surface area contributed by atoms with Crippen molar-refractivity contribution >= 4 is 37.7 Å². The number of hydrogen-bond acceptors (Lipinski definition) is 2. The molecule has 5 heteroatoms. The van der Waals surface area contributed by atoms with Crippen molar-refractivity contribution in [1.82, 2.24) is 9.55 Å². The highest BCUT2D eigenvalue weighted by atomic mass is 79.9. The van der Waals surface area contributed by atoms with E-state index < -0.39 is 0 Å². The highest BCUT2D eigenvalue weighted by Crippen LogP contribution is 2.54. The third-order valence-electron chi connectivity index (χ3n) is 17.5. The van der Waals surface area contributed by atoms with E-state index in [2.05, 4.69) is 341 Å². The van der Waals surface area contributed by atoms with E-state index in [1.165, 1.54) is 94.2 Å². The molecule has 0 atom stereocenters. The Bertz CT molecular complexity index is 5260. The van der Waals surface area contributed by atoms with Crippen LogP contribution in [-0.2, 0) is 0 Å². The van der Waals surface area contributed by atoms with Crippen LogP contribution in [0.15, 0.2) is 356 Å². The first-order chi connectivity index (χ1) is 46.1. The van der Waals surface area contributed by atoms with Crippen LogP contribution in [-0.4, -0.2) is 9.55 Å². The molecule has 0 aliphatic carbocycles. The molecule has 16 aromatic rings. The summed E-state index contributed by atoms with van der Waals surface area (Å²) in [5, 5.41) is 2.40. The van der Waals surface area contributed by atoms with Crippen molar-refractivity contribution in [1.29, 1.82) is 0 Å². The van der Waals surface area contributed by atoms with Gasteiger partial charge in [-0.05, 0) is 128 Å². The molecule has 4 nitrogen and oxygen atoms in total. The Morgan fingerprint density at radius 3 is 1.09 bits per heavy atom. The lowest BCUT2D eigenvalue weighted by Crippen LogP contribution is -2.00. The van der Waals surface area contributed by atoms with Gasteiger partial charge in [-0.15, -0.1) is 0 Å². The average molecular weight is 1270 g/mol. The van der Waals surface area contributed by atoms with Gasteiger partial charge in [0.2, 0.25) is 0 Å². The molecule has 4 heterocycles. The molecule has 18 rings (SSSR count). The van der Waals surface area contributed by atoms with Gasteiger partial charge in [-0.1, -0.05) is 295 Å². The molecule has 0 amide bonds. The molecular formula is C89H62BrN2O2-. The van der Waals surface area contributed by atoms with Gasteiger partial charge in [-0.2, -0.15) is 0 Å². The van der Waals surface area contributed by atoms with Crippen molar-refractivity contribution in [3.8, 4) is 140 Å². The monoisotopic (exact) mass is 1270 g/mol. The lowest BCUT2D eigenvalue weighted by molar-refractivity contribution is 0.487. The molecule has 0 radical (unpaired) electrons. The van der Waals surface area contributed by atoms with Gasteiger partial charge in [0.25, 0.3) is 0 Å². The van der Waals surface area contributed by atoms with Crippen LogP contribution in [0.25, 0.3) is 139 Å². The molecule has 2 aliphatic rings. The minimum absolute atomic E-state index is 0. The van der Waals surface area contributed by atoms with E-state index in [1.54, 1.807) is 0 Å². The summed E-state index contributed by atoms with van der Waals surface area (Å²) in [6, 6.07) is 124. The number of H-pyrrole nitrogens is 1. The number of ether oxygens (including phenoxy) is 2. The van der Waals surface area contributed by atoms with E-state index in [0.717, 1.165) is 72.3 Å². The highest BCUT2D eigenvalue weighted by molar-refractivity contribution is 9.10. The lowest BCUT2D eigenvalue weighted by atomic mass is 9.96. The van der Waals surface area contributed by atoms with Crippen molar-refractivity contribution in [2.45, 2.75) is 0 Å². The Hall–Kier alpha value is -11.8. The van der Waals surface area contributed by atoms with Gasteiger partial charge >= 0.3 is 0 Å². The number of nitrogens with zero attached hydrogens (tertiary/aromatic N) is 1. The molecule has 0 spiro atoms. The van der Waals surface area contributed by atoms with E-state index >= 15 is 0 Å². The predicted molar refractivity (Wildman–Crippen MR) is 397 cm³/mol. The summed E-state index contributed by atoms with van der Waals surface area (Å²) in [4.78, 5) is 3.74. The van der Waals surface area contributed by atoms with Gasteiger partial charge in [0.1, 0.15) is 23.0 Å². The first kappa shape index (κ1) is 58.6. The van der Waals surface area contributed by atoms with E-state index in [1.807, 2.05) is 36.4 Å². The van der Waals surface area contributed by atoms with Crippen LogP contribution in [0.1, 0.15) is 0 Å². The third kappa shape index (κ3) is 11.2. The van der Waals surface area contributed by atoms with Gasteiger partial charge in [0.15, 0.2) is 0 Å². The molecule has 0 saturated carbocycles. The zero-order valence-corrected chi connectivity index (χ0v) is 53.2. The normalized spacial score (nSPS) is 11.3. The molecule has 1 N–H and O–H groups in total. The zero-order valence-electron chi connectivity index (χ0n) is 51.6. The smallest absolute Gasteiger partial charge is 0.136 e. The van der Waals surface area contributed by atoms with Crippen LogP contribution in [0.3, 0.4) is 0 Å². The largest absolute Gasteiger partial charge is 0.456 e. The number of nitrogens with one attached hydrogen (secondary N) is 1. The zero-order chi connectivity index (χ0) is 62.0. The molecular weight excluding hydrogens is 1210 g/mol. The van der Waals surface area contributed by atoms with E-state index in [-0.39, 0.29) is 7.43 Å². The summed E-state index contributed by atoms with van der Waals surface area (Å²) < 4.78 is 16.5. The molecule has 0 saturated heterocycles. The van der Waals surface area contributed by atoms with Crippen LogP contribution < -0.4 is 9.47 Å². The Morgan fingerprint density at radius 1 is 0.266 bits per heavy atom. The maximum atomic E-state index is 6.67. The van der Waals surface area contributed by atoms with Crippen LogP contribution in [0.5, 0.6) is 23.0 Å². The molecule has 448 valence electrons. The van der Waals surface area contributed by atoms with Gasteiger partial charge in [-0.3, -0.25) is 0 Å². The lowest BCUT2D eigenvalue weighted by Gasteiger charge is -2.18. The van der Waals surface area contributed by atoms with Crippen molar-refractivity contribution in [3.63, 3.8) is 0 Å². The summed E-state index contributed by atoms with van der Waals surface area (Å²) >= 11 is 3.61. The van der Waals surface area contributed by atoms with Crippen LogP contribution in [0.4, 0.5) is 0 Å². The van der Waals surface area contributed by atoms with E-state index in [9.17, 15) is 0 Å². The van der Waals surface area contributed by atoms with E-state index in [0.29, 0.717) is 0 Å². The van der Waals surface area contributed by atoms with Gasteiger partial charge in [0, 0.05) is 65.4 Å². The number of aromatic nitrogens is 2. The van der Waals surface area contributed by atoms with Crippen molar-refractivity contribution in [3.05, 3.63) is 364 Å². The summed E-state index contributed by atoms with van der Waals surface area (Å²) in [6.45, 7) is 0. The van der Waals surface area contributed by atoms with Gasteiger partial charge in [0.05, 0.1) is 22.4 Å².